The summed E-state index contributed by atoms with van der Waals surface area (Å²) < 4.78 is 31.3. The summed E-state index contributed by atoms with van der Waals surface area (Å²) in [5, 5.41) is 11.4. The quantitative estimate of drug-likeness (QED) is 0.385. The van der Waals surface area contributed by atoms with E-state index < -0.39 is 11.6 Å². The summed E-state index contributed by atoms with van der Waals surface area (Å²) in [6, 6.07) is 10.6. The van der Waals surface area contributed by atoms with Crippen molar-refractivity contribution < 1.29 is 18.7 Å². The van der Waals surface area contributed by atoms with Crippen molar-refractivity contribution in [3.8, 4) is 5.75 Å². The Morgan fingerprint density at radius 3 is 2.33 bits per heavy atom. The molecule has 0 fully saturated rings. The molecule has 0 aliphatic carbocycles. The van der Waals surface area contributed by atoms with Gasteiger partial charge in [0.15, 0.2) is 11.6 Å². The molecule has 4 nitrogen and oxygen atoms in total. The molecule has 0 spiro atoms. The fraction of sp³-hybridized carbons (Fsp3) is 0.133. The molecule has 0 heterocycles. The number of ether oxygens (including phenoxy) is 1. The first kappa shape index (κ1) is 14.8. The summed E-state index contributed by atoms with van der Waals surface area (Å²) >= 11 is 0. The molecule has 0 saturated carbocycles. The molecule has 3 N–H and O–H groups in total. The van der Waals surface area contributed by atoms with E-state index in [0.29, 0.717) is 17.7 Å². The highest BCUT2D eigenvalue weighted by atomic mass is 19.2. The van der Waals surface area contributed by atoms with Crippen LogP contribution in [0.2, 0.25) is 0 Å². The third-order valence-electron chi connectivity index (χ3n) is 2.83. The van der Waals surface area contributed by atoms with Gasteiger partial charge < -0.3 is 15.7 Å². The van der Waals surface area contributed by atoms with E-state index in [4.69, 9.17) is 15.7 Å². The largest absolute Gasteiger partial charge is 0.489 e. The third-order valence-corrected chi connectivity index (χ3v) is 2.83. The number of nitrogens with two attached hydrogens (primary N) is 1. The molecule has 0 radical (unpaired) electrons. The molecule has 21 heavy (non-hydrogen) atoms. The monoisotopic (exact) mass is 292 g/mol. The van der Waals surface area contributed by atoms with Gasteiger partial charge in [0.05, 0.1) is 0 Å². The molecule has 2 aromatic rings. The number of halogens is 2. The summed E-state index contributed by atoms with van der Waals surface area (Å²) in [6.45, 7) is 0.136. The maximum absolute atomic E-state index is 13.0. The van der Waals surface area contributed by atoms with Crippen LogP contribution in [-0.2, 0) is 13.0 Å². The third kappa shape index (κ3) is 4.17. The Morgan fingerprint density at radius 2 is 1.71 bits per heavy atom. The topological polar surface area (TPSA) is 67.8 Å². The van der Waals surface area contributed by atoms with E-state index >= 15 is 0 Å². The van der Waals surface area contributed by atoms with Gasteiger partial charge in [0, 0.05) is 6.42 Å². The van der Waals surface area contributed by atoms with Crippen LogP contribution in [-0.4, -0.2) is 11.0 Å². The summed E-state index contributed by atoms with van der Waals surface area (Å²) in [5.74, 6) is -1.08. The lowest BCUT2D eigenvalue weighted by molar-refractivity contribution is 0.305. The minimum Gasteiger partial charge on any atom is -0.489 e. The second kappa shape index (κ2) is 6.69. The molecule has 0 aliphatic heterocycles. The van der Waals surface area contributed by atoms with E-state index in [1.165, 1.54) is 6.07 Å². The fourth-order valence-corrected chi connectivity index (χ4v) is 1.74. The lowest BCUT2D eigenvalue weighted by Gasteiger charge is -2.07. The predicted molar refractivity (Wildman–Crippen MR) is 74.2 cm³/mol. The van der Waals surface area contributed by atoms with Crippen LogP contribution in [0.25, 0.3) is 0 Å². The Bertz CT molecular complexity index is 643. The van der Waals surface area contributed by atoms with E-state index in [-0.39, 0.29) is 12.4 Å². The van der Waals surface area contributed by atoms with Crippen molar-refractivity contribution in [1.29, 1.82) is 0 Å². The molecule has 6 heteroatoms. The zero-order chi connectivity index (χ0) is 15.2. The fourth-order valence-electron chi connectivity index (χ4n) is 1.74. The molecule has 2 aromatic carbocycles. The first-order chi connectivity index (χ1) is 10.1. The van der Waals surface area contributed by atoms with Crippen molar-refractivity contribution in [1.82, 2.24) is 0 Å². The maximum Gasteiger partial charge on any atom is 0.159 e. The number of hydrogen-bond acceptors (Lipinski definition) is 3. The van der Waals surface area contributed by atoms with Crippen molar-refractivity contribution in [3.05, 3.63) is 65.2 Å². The molecule has 0 aromatic heterocycles. The van der Waals surface area contributed by atoms with Gasteiger partial charge in [-0.1, -0.05) is 23.4 Å². The van der Waals surface area contributed by atoms with E-state index in [2.05, 4.69) is 5.16 Å². The van der Waals surface area contributed by atoms with Gasteiger partial charge in [-0.25, -0.2) is 8.78 Å². The Kier molecular flexibility index (Phi) is 4.71. The first-order valence-electron chi connectivity index (χ1n) is 6.20. The van der Waals surface area contributed by atoms with Crippen LogP contribution in [0, 0.1) is 11.6 Å². The average Bonchev–Trinajstić information content (AvgIpc) is 2.50. The molecule has 0 bridgehead atoms. The summed E-state index contributed by atoms with van der Waals surface area (Å²) in [7, 11) is 0. The van der Waals surface area contributed by atoms with E-state index in [9.17, 15) is 8.78 Å². The number of amidine groups is 1. The summed E-state index contributed by atoms with van der Waals surface area (Å²) in [5.41, 5.74) is 6.81. The van der Waals surface area contributed by atoms with E-state index in [1.54, 1.807) is 24.3 Å². The Labute approximate surface area is 120 Å². The van der Waals surface area contributed by atoms with Crippen molar-refractivity contribution in [2.75, 3.05) is 0 Å². The van der Waals surface area contributed by atoms with Gasteiger partial charge in [-0.3, -0.25) is 0 Å². The number of hydrogen-bond donors (Lipinski definition) is 2. The normalized spacial score (nSPS) is 11.4. The number of rotatable bonds is 5. The second-order valence-electron chi connectivity index (χ2n) is 4.45. The first-order valence-corrected chi connectivity index (χ1v) is 6.20. The molecule has 0 saturated heterocycles. The van der Waals surface area contributed by atoms with Crippen molar-refractivity contribution >= 4 is 5.84 Å². The number of benzene rings is 2. The van der Waals surface area contributed by atoms with Gasteiger partial charge in [0.1, 0.15) is 18.2 Å². The van der Waals surface area contributed by atoms with Gasteiger partial charge in [0.25, 0.3) is 0 Å². The lowest BCUT2D eigenvalue weighted by atomic mass is 10.1. The standard InChI is InChI=1S/C15H14F2N2O2/c16-13-6-3-11(7-14(13)17)9-21-12-4-1-10(2-5-12)8-15(18)19-20/h1-7,20H,8-9H2,(H2,18,19). The second-order valence-corrected chi connectivity index (χ2v) is 4.45. The lowest BCUT2D eigenvalue weighted by Crippen LogP contribution is -2.14. The van der Waals surface area contributed by atoms with Crippen LogP contribution in [0.5, 0.6) is 5.75 Å². The highest BCUT2D eigenvalue weighted by Crippen LogP contribution is 2.16. The van der Waals surface area contributed by atoms with Gasteiger partial charge in [-0.15, -0.1) is 0 Å². The SMILES string of the molecule is N/C(Cc1ccc(OCc2ccc(F)c(F)c2)cc1)=N/O. The smallest absolute Gasteiger partial charge is 0.159 e. The minimum absolute atomic E-state index is 0.116. The van der Waals surface area contributed by atoms with E-state index in [0.717, 1.165) is 17.7 Å². The van der Waals surface area contributed by atoms with Crippen molar-refractivity contribution in [2.45, 2.75) is 13.0 Å². The van der Waals surface area contributed by atoms with Gasteiger partial charge in [-0.2, -0.15) is 0 Å². The zero-order valence-corrected chi connectivity index (χ0v) is 11.1. The molecule has 110 valence electrons. The van der Waals surface area contributed by atoms with Crippen molar-refractivity contribution in [2.24, 2.45) is 10.9 Å². The van der Waals surface area contributed by atoms with Crippen LogP contribution in [0.4, 0.5) is 8.78 Å². The molecular weight excluding hydrogens is 278 g/mol. The number of oxime groups is 1. The maximum atomic E-state index is 13.0. The Balaban J connectivity index is 1.95. The van der Waals surface area contributed by atoms with Gasteiger partial charge in [-0.05, 0) is 35.4 Å². The van der Waals surface area contributed by atoms with Crippen molar-refractivity contribution in [3.63, 3.8) is 0 Å². The zero-order valence-electron chi connectivity index (χ0n) is 11.1. The molecular formula is C15H14F2N2O2. The highest BCUT2D eigenvalue weighted by Gasteiger charge is 2.04. The summed E-state index contributed by atoms with van der Waals surface area (Å²) in [6.07, 6.45) is 0.333. The molecule has 0 atom stereocenters. The average molecular weight is 292 g/mol. The minimum atomic E-state index is -0.898. The van der Waals surface area contributed by atoms with Crippen LogP contribution >= 0.6 is 0 Å². The molecule has 0 aliphatic rings. The Morgan fingerprint density at radius 1 is 1.05 bits per heavy atom. The summed E-state index contributed by atoms with van der Waals surface area (Å²) in [4.78, 5) is 0. The van der Waals surface area contributed by atoms with Crippen LogP contribution in [0.3, 0.4) is 0 Å². The Hall–Kier alpha value is -2.63. The molecule has 0 unspecified atom stereocenters. The predicted octanol–water partition coefficient (Wildman–Crippen LogP) is 2.83. The highest BCUT2D eigenvalue weighted by molar-refractivity contribution is 5.82. The van der Waals surface area contributed by atoms with Gasteiger partial charge in [0.2, 0.25) is 0 Å². The molecule has 0 amide bonds. The van der Waals surface area contributed by atoms with Crippen LogP contribution in [0.15, 0.2) is 47.6 Å². The van der Waals surface area contributed by atoms with E-state index in [1.807, 2.05) is 0 Å². The number of nitrogens with zero attached hydrogens (tertiary/aromatic N) is 1. The molecule has 2 rings (SSSR count). The van der Waals surface area contributed by atoms with Crippen LogP contribution < -0.4 is 10.5 Å². The van der Waals surface area contributed by atoms with Crippen LogP contribution in [0.1, 0.15) is 11.1 Å². The van der Waals surface area contributed by atoms with Gasteiger partial charge >= 0.3 is 0 Å².